The SMILES string of the molecule is CN1CCC1Cc1c[nH]c2ccccc12. The van der Waals surface area contributed by atoms with Gasteiger partial charge in [0.15, 0.2) is 0 Å². The number of fused-ring (bicyclic) bond motifs is 1. The van der Waals surface area contributed by atoms with Crippen LogP contribution >= 0.6 is 0 Å². The molecule has 0 saturated carbocycles. The van der Waals surface area contributed by atoms with Crippen LogP contribution in [-0.2, 0) is 6.42 Å². The number of likely N-dealkylation sites (tertiary alicyclic amines) is 1. The van der Waals surface area contributed by atoms with Gasteiger partial charge in [-0.3, -0.25) is 0 Å². The first kappa shape index (κ1) is 8.98. The molecule has 1 unspecified atom stereocenters. The molecule has 78 valence electrons. The maximum atomic E-state index is 3.34. The van der Waals surface area contributed by atoms with Crippen LogP contribution in [0.15, 0.2) is 30.5 Å². The maximum Gasteiger partial charge on any atom is 0.0456 e. The Hall–Kier alpha value is -1.28. The third-order valence-corrected chi connectivity index (χ3v) is 3.57. The van der Waals surface area contributed by atoms with Gasteiger partial charge >= 0.3 is 0 Å². The molecule has 0 radical (unpaired) electrons. The van der Waals surface area contributed by atoms with E-state index in [2.05, 4.69) is 47.4 Å². The zero-order valence-electron chi connectivity index (χ0n) is 9.03. The van der Waals surface area contributed by atoms with E-state index < -0.39 is 0 Å². The van der Waals surface area contributed by atoms with Crippen LogP contribution in [0, 0.1) is 0 Å². The van der Waals surface area contributed by atoms with Crippen molar-refractivity contribution in [2.75, 3.05) is 13.6 Å². The Labute approximate surface area is 89.9 Å². The first-order chi connectivity index (χ1) is 7.34. The van der Waals surface area contributed by atoms with Gasteiger partial charge in [-0.2, -0.15) is 0 Å². The number of aromatic nitrogens is 1. The lowest BCUT2D eigenvalue weighted by Crippen LogP contribution is -2.45. The molecule has 2 heteroatoms. The molecule has 1 fully saturated rings. The van der Waals surface area contributed by atoms with E-state index in [0.717, 1.165) is 6.04 Å². The van der Waals surface area contributed by atoms with Crippen LogP contribution in [0.3, 0.4) is 0 Å². The highest BCUT2D eigenvalue weighted by Crippen LogP contribution is 2.24. The quantitative estimate of drug-likeness (QED) is 0.788. The first-order valence-electron chi connectivity index (χ1n) is 5.60. The van der Waals surface area contributed by atoms with E-state index in [9.17, 15) is 0 Å². The van der Waals surface area contributed by atoms with Crippen molar-refractivity contribution in [3.8, 4) is 0 Å². The van der Waals surface area contributed by atoms with Crippen molar-refractivity contribution in [3.63, 3.8) is 0 Å². The fourth-order valence-corrected chi connectivity index (χ4v) is 2.38. The van der Waals surface area contributed by atoms with Gasteiger partial charge in [0.2, 0.25) is 0 Å². The van der Waals surface area contributed by atoms with Gasteiger partial charge in [0.1, 0.15) is 0 Å². The van der Waals surface area contributed by atoms with Crippen molar-refractivity contribution in [1.29, 1.82) is 0 Å². The van der Waals surface area contributed by atoms with E-state index in [4.69, 9.17) is 0 Å². The van der Waals surface area contributed by atoms with Crippen LogP contribution in [0.5, 0.6) is 0 Å². The minimum absolute atomic E-state index is 0.754. The monoisotopic (exact) mass is 200 g/mol. The van der Waals surface area contributed by atoms with Crippen LogP contribution in [0.25, 0.3) is 10.9 Å². The Morgan fingerprint density at radius 3 is 3.00 bits per heavy atom. The van der Waals surface area contributed by atoms with Crippen molar-refractivity contribution in [2.45, 2.75) is 18.9 Å². The first-order valence-corrected chi connectivity index (χ1v) is 5.60. The number of nitrogens with zero attached hydrogens (tertiary/aromatic N) is 1. The third kappa shape index (κ3) is 1.45. The molecular weight excluding hydrogens is 184 g/mol. The average molecular weight is 200 g/mol. The molecule has 1 N–H and O–H groups in total. The Morgan fingerprint density at radius 1 is 1.40 bits per heavy atom. The maximum absolute atomic E-state index is 3.34. The molecule has 1 saturated heterocycles. The molecule has 0 bridgehead atoms. The standard InChI is InChI=1S/C13H16N2/c1-15-7-6-11(15)8-10-9-14-13-5-3-2-4-12(10)13/h2-5,9,11,14H,6-8H2,1H3. The Bertz CT molecular complexity index is 472. The molecule has 2 nitrogen and oxygen atoms in total. The molecule has 0 aliphatic carbocycles. The van der Waals surface area contributed by atoms with Crippen molar-refractivity contribution in [1.82, 2.24) is 9.88 Å². The van der Waals surface area contributed by atoms with Crippen LogP contribution in [0.4, 0.5) is 0 Å². The number of hydrogen-bond donors (Lipinski definition) is 1. The van der Waals surface area contributed by atoms with E-state index in [1.165, 1.54) is 35.9 Å². The van der Waals surface area contributed by atoms with Gasteiger partial charge in [-0.25, -0.2) is 0 Å². The topological polar surface area (TPSA) is 19.0 Å². The summed E-state index contributed by atoms with van der Waals surface area (Å²) in [5.74, 6) is 0. The fourth-order valence-electron chi connectivity index (χ4n) is 2.38. The summed E-state index contributed by atoms with van der Waals surface area (Å²) in [5, 5.41) is 1.39. The molecule has 2 aromatic rings. The number of H-pyrrole nitrogens is 1. The second-order valence-corrected chi connectivity index (χ2v) is 4.49. The Balaban J connectivity index is 1.91. The van der Waals surface area contributed by atoms with Crippen LogP contribution < -0.4 is 0 Å². The summed E-state index contributed by atoms with van der Waals surface area (Å²) in [6.07, 6.45) is 4.69. The fraction of sp³-hybridized carbons (Fsp3) is 0.385. The number of rotatable bonds is 2. The van der Waals surface area contributed by atoms with Crippen molar-refractivity contribution >= 4 is 10.9 Å². The summed E-state index contributed by atoms with van der Waals surface area (Å²) in [6.45, 7) is 1.26. The summed E-state index contributed by atoms with van der Waals surface area (Å²) in [6, 6.07) is 9.30. The molecule has 15 heavy (non-hydrogen) atoms. The van der Waals surface area contributed by atoms with E-state index >= 15 is 0 Å². The number of para-hydroxylation sites is 1. The van der Waals surface area contributed by atoms with Crippen molar-refractivity contribution in [3.05, 3.63) is 36.0 Å². The number of likely N-dealkylation sites (N-methyl/N-ethyl adjacent to an activating group) is 1. The summed E-state index contributed by atoms with van der Waals surface area (Å²) < 4.78 is 0. The number of nitrogens with one attached hydrogen (secondary N) is 1. The highest BCUT2D eigenvalue weighted by Gasteiger charge is 2.24. The molecule has 0 spiro atoms. The minimum Gasteiger partial charge on any atom is -0.361 e. The summed E-state index contributed by atoms with van der Waals surface area (Å²) in [5.41, 5.74) is 2.72. The normalized spacial score (nSPS) is 21.8. The van der Waals surface area contributed by atoms with E-state index in [1.807, 2.05) is 0 Å². The summed E-state index contributed by atoms with van der Waals surface area (Å²) in [4.78, 5) is 5.77. The van der Waals surface area contributed by atoms with Gasteiger partial charge in [-0.1, -0.05) is 18.2 Å². The summed E-state index contributed by atoms with van der Waals surface area (Å²) in [7, 11) is 2.21. The smallest absolute Gasteiger partial charge is 0.0456 e. The number of aromatic amines is 1. The van der Waals surface area contributed by atoms with Crippen molar-refractivity contribution in [2.24, 2.45) is 0 Å². The van der Waals surface area contributed by atoms with Gasteiger partial charge in [-0.15, -0.1) is 0 Å². The largest absolute Gasteiger partial charge is 0.361 e. The second-order valence-electron chi connectivity index (χ2n) is 4.49. The molecular formula is C13H16N2. The lowest BCUT2D eigenvalue weighted by atomic mass is 9.96. The van der Waals surface area contributed by atoms with Gasteiger partial charge in [0, 0.05) is 23.1 Å². The number of hydrogen-bond acceptors (Lipinski definition) is 1. The van der Waals surface area contributed by atoms with Gasteiger partial charge in [0.05, 0.1) is 0 Å². The lowest BCUT2D eigenvalue weighted by Gasteiger charge is -2.37. The molecule has 1 aliphatic rings. The zero-order chi connectivity index (χ0) is 10.3. The molecule has 2 heterocycles. The Morgan fingerprint density at radius 2 is 2.27 bits per heavy atom. The minimum atomic E-state index is 0.754. The molecule has 3 rings (SSSR count). The molecule has 1 aliphatic heterocycles. The second kappa shape index (κ2) is 3.38. The van der Waals surface area contributed by atoms with E-state index in [1.54, 1.807) is 0 Å². The van der Waals surface area contributed by atoms with Gasteiger partial charge < -0.3 is 9.88 Å². The summed E-state index contributed by atoms with van der Waals surface area (Å²) >= 11 is 0. The molecule has 1 aromatic carbocycles. The van der Waals surface area contributed by atoms with Crippen molar-refractivity contribution < 1.29 is 0 Å². The highest BCUT2D eigenvalue weighted by molar-refractivity contribution is 5.83. The zero-order valence-corrected chi connectivity index (χ0v) is 9.03. The van der Waals surface area contributed by atoms with Crippen LogP contribution in [0.1, 0.15) is 12.0 Å². The van der Waals surface area contributed by atoms with Crippen LogP contribution in [0.2, 0.25) is 0 Å². The Kier molecular flexibility index (Phi) is 2.03. The van der Waals surface area contributed by atoms with E-state index in [0.29, 0.717) is 0 Å². The third-order valence-electron chi connectivity index (χ3n) is 3.57. The number of benzene rings is 1. The lowest BCUT2D eigenvalue weighted by molar-refractivity contribution is 0.127. The van der Waals surface area contributed by atoms with Gasteiger partial charge in [-0.05, 0) is 38.1 Å². The predicted molar refractivity (Wildman–Crippen MR) is 63.0 cm³/mol. The van der Waals surface area contributed by atoms with Crippen LogP contribution in [-0.4, -0.2) is 29.5 Å². The molecule has 1 atom stereocenters. The molecule has 1 aromatic heterocycles. The van der Waals surface area contributed by atoms with Gasteiger partial charge in [0.25, 0.3) is 0 Å². The molecule has 0 amide bonds. The predicted octanol–water partition coefficient (Wildman–Crippen LogP) is 2.41. The highest BCUT2D eigenvalue weighted by atomic mass is 15.2. The van der Waals surface area contributed by atoms with E-state index in [-0.39, 0.29) is 0 Å². The average Bonchev–Trinajstić information content (AvgIpc) is 2.67.